The van der Waals surface area contributed by atoms with Crippen LogP contribution in [0.3, 0.4) is 0 Å². The Hall–Kier alpha value is -2.04. The first-order valence-electron chi connectivity index (χ1n) is 5.71. The van der Waals surface area contributed by atoms with Crippen molar-refractivity contribution in [2.45, 2.75) is 13.8 Å². The van der Waals surface area contributed by atoms with Gasteiger partial charge in [-0.1, -0.05) is 31.4 Å². The smallest absolute Gasteiger partial charge is 0.149 e. The topological polar surface area (TPSA) is 50.7 Å². The summed E-state index contributed by atoms with van der Waals surface area (Å²) in [7, 11) is 1.62. The molecule has 4 nitrogen and oxygen atoms in total. The largest absolute Gasteiger partial charge is 0.501 e. The van der Waals surface area contributed by atoms with E-state index in [0.717, 1.165) is 16.9 Å². The fourth-order valence-corrected chi connectivity index (χ4v) is 1.14. The monoisotopic (exact) mass is 263 g/mol. The van der Waals surface area contributed by atoms with E-state index < -0.39 is 0 Å². The first-order chi connectivity index (χ1) is 9.08. The van der Waals surface area contributed by atoms with Crippen LogP contribution in [0, 0.1) is 0 Å². The molecule has 0 rings (SSSR count). The molecule has 0 aliphatic rings. The molecular formula is C15H21NO3. The van der Waals surface area contributed by atoms with E-state index in [1.165, 1.54) is 6.08 Å². The van der Waals surface area contributed by atoms with Crippen LogP contribution in [-0.4, -0.2) is 12.3 Å². The average molecular weight is 263 g/mol. The van der Waals surface area contributed by atoms with Gasteiger partial charge < -0.3 is 9.57 Å². The fraction of sp³-hybridized carbons (Fsp3) is 0.200. The summed E-state index contributed by atoms with van der Waals surface area (Å²) in [6, 6.07) is 0. The van der Waals surface area contributed by atoms with Gasteiger partial charge in [0.15, 0.2) is 0 Å². The number of rotatable bonds is 8. The Morgan fingerprint density at radius 1 is 1.05 bits per heavy atom. The molecule has 0 unspecified atom stereocenters. The standard InChI is InChI=1S/C15H21NO3/c1-6-14(10-9-13(4)18-5)12(3)8-11-15(7-2)19-16-17/h6-11,16-17H,1-2H2,3-5H3/b12-8+,13-9+,14-10+,15-11+. The lowest BCUT2D eigenvalue weighted by molar-refractivity contribution is -0.0880. The summed E-state index contributed by atoms with van der Waals surface area (Å²) in [5, 5.41) is 8.43. The van der Waals surface area contributed by atoms with Crippen molar-refractivity contribution < 1.29 is 14.8 Å². The van der Waals surface area contributed by atoms with Crippen molar-refractivity contribution in [2.75, 3.05) is 7.11 Å². The summed E-state index contributed by atoms with van der Waals surface area (Å²) in [6.07, 6.45) is 10.5. The molecule has 0 atom stereocenters. The second kappa shape index (κ2) is 9.94. The second-order valence-corrected chi connectivity index (χ2v) is 3.62. The van der Waals surface area contributed by atoms with Crippen LogP contribution in [-0.2, 0) is 9.57 Å². The van der Waals surface area contributed by atoms with E-state index in [-0.39, 0.29) is 0 Å². The van der Waals surface area contributed by atoms with Gasteiger partial charge >= 0.3 is 0 Å². The van der Waals surface area contributed by atoms with E-state index in [4.69, 9.17) is 14.8 Å². The van der Waals surface area contributed by atoms with Gasteiger partial charge in [0.05, 0.1) is 12.9 Å². The number of hydrogen-bond acceptors (Lipinski definition) is 4. The highest BCUT2D eigenvalue weighted by atomic mass is 16.8. The van der Waals surface area contributed by atoms with Gasteiger partial charge in [-0.2, -0.15) is 0 Å². The number of nitrogens with one attached hydrogen (secondary N) is 1. The van der Waals surface area contributed by atoms with Gasteiger partial charge in [-0.15, -0.1) is 0 Å². The Kier molecular flexibility index (Phi) is 8.87. The normalized spacial score (nSPS) is 14.1. The van der Waals surface area contributed by atoms with E-state index >= 15 is 0 Å². The molecule has 0 saturated carbocycles. The van der Waals surface area contributed by atoms with Crippen molar-refractivity contribution in [3.8, 4) is 0 Å². The van der Waals surface area contributed by atoms with E-state index in [2.05, 4.69) is 13.2 Å². The van der Waals surface area contributed by atoms with E-state index in [1.807, 2.05) is 32.1 Å². The lowest BCUT2D eigenvalue weighted by Gasteiger charge is -2.03. The molecule has 0 fully saturated rings. The maximum absolute atomic E-state index is 8.43. The predicted octanol–water partition coefficient (Wildman–Crippen LogP) is 3.58. The Morgan fingerprint density at radius 2 is 1.74 bits per heavy atom. The van der Waals surface area contributed by atoms with Crippen molar-refractivity contribution in [2.24, 2.45) is 0 Å². The summed E-state index contributed by atoms with van der Waals surface area (Å²) >= 11 is 0. The SMILES string of the molecule is C=C\C(=C/C=C(C)/C(C=C)=C/C=C(\C)OC)ONO. The number of ether oxygens (including phenoxy) is 1. The number of allylic oxidation sites excluding steroid dienone is 9. The average Bonchev–Trinajstić information content (AvgIpc) is 2.43. The molecule has 104 valence electrons. The second-order valence-electron chi connectivity index (χ2n) is 3.62. The molecule has 0 aromatic rings. The van der Waals surface area contributed by atoms with Crippen LogP contribution in [0.1, 0.15) is 13.8 Å². The summed E-state index contributed by atoms with van der Waals surface area (Å²) in [6.45, 7) is 11.1. The summed E-state index contributed by atoms with van der Waals surface area (Å²) in [5.41, 5.74) is 3.54. The Morgan fingerprint density at radius 3 is 2.21 bits per heavy atom. The predicted molar refractivity (Wildman–Crippen MR) is 77.1 cm³/mol. The minimum atomic E-state index is 0.397. The van der Waals surface area contributed by atoms with Crippen LogP contribution in [0.2, 0.25) is 0 Å². The highest BCUT2D eigenvalue weighted by molar-refractivity contribution is 5.42. The molecular weight excluding hydrogens is 242 g/mol. The highest BCUT2D eigenvalue weighted by Gasteiger charge is 1.95. The fourth-order valence-electron chi connectivity index (χ4n) is 1.14. The van der Waals surface area contributed by atoms with Crippen molar-refractivity contribution in [3.63, 3.8) is 0 Å². The van der Waals surface area contributed by atoms with Crippen LogP contribution >= 0.6 is 0 Å². The Labute approximate surface area is 114 Å². The number of methoxy groups -OCH3 is 1. The first kappa shape index (κ1) is 17.0. The third kappa shape index (κ3) is 7.08. The van der Waals surface area contributed by atoms with Gasteiger partial charge in [-0.05, 0) is 48.9 Å². The zero-order valence-corrected chi connectivity index (χ0v) is 11.6. The van der Waals surface area contributed by atoms with E-state index in [1.54, 1.807) is 24.9 Å². The zero-order chi connectivity index (χ0) is 14.7. The van der Waals surface area contributed by atoms with Gasteiger partial charge in [-0.3, -0.25) is 5.21 Å². The van der Waals surface area contributed by atoms with Crippen LogP contribution in [0.25, 0.3) is 0 Å². The van der Waals surface area contributed by atoms with Crippen molar-refractivity contribution in [1.82, 2.24) is 5.64 Å². The van der Waals surface area contributed by atoms with Crippen molar-refractivity contribution in [3.05, 3.63) is 72.3 Å². The minimum absolute atomic E-state index is 0.397. The third-order valence-electron chi connectivity index (χ3n) is 2.36. The Bertz CT molecular complexity index is 429. The molecule has 4 heteroatoms. The van der Waals surface area contributed by atoms with Crippen LogP contribution in [0.15, 0.2) is 72.3 Å². The molecule has 0 aliphatic carbocycles. The molecule has 0 amide bonds. The van der Waals surface area contributed by atoms with Gasteiger partial charge in [0.25, 0.3) is 0 Å². The maximum atomic E-state index is 8.43. The molecule has 2 N–H and O–H groups in total. The summed E-state index contributed by atoms with van der Waals surface area (Å²) < 4.78 is 5.05. The molecule has 19 heavy (non-hydrogen) atoms. The molecule has 0 heterocycles. The van der Waals surface area contributed by atoms with Gasteiger partial charge in [0.2, 0.25) is 0 Å². The molecule has 0 spiro atoms. The highest BCUT2D eigenvalue weighted by Crippen LogP contribution is 2.12. The minimum Gasteiger partial charge on any atom is -0.501 e. The van der Waals surface area contributed by atoms with E-state index in [9.17, 15) is 0 Å². The first-order valence-corrected chi connectivity index (χ1v) is 5.71. The Balaban J connectivity index is 5.08. The molecule has 0 bridgehead atoms. The molecule has 0 saturated heterocycles. The summed E-state index contributed by atoms with van der Waals surface area (Å²) in [5.74, 6) is 1.20. The van der Waals surface area contributed by atoms with Gasteiger partial charge in [0.1, 0.15) is 5.76 Å². The molecule has 0 radical (unpaired) electrons. The zero-order valence-electron chi connectivity index (χ0n) is 11.6. The molecule has 0 aromatic heterocycles. The molecule has 0 aliphatic heterocycles. The lowest BCUT2D eigenvalue weighted by atomic mass is 10.1. The summed E-state index contributed by atoms with van der Waals surface area (Å²) in [4.78, 5) is 4.70. The van der Waals surface area contributed by atoms with Crippen molar-refractivity contribution in [1.29, 1.82) is 0 Å². The molecule has 0 aromatic carbocycles. The quantitative estimate of drug-likeness (QED) is 0.399. The van der Waals surface area contributed by atoms with Gasteiger partial charge in [-0.25, -0.2) is 0 Å². The van der Waals surface area contributed by atoms with Crippen LogP contribution < -0.4 is 5.64 Å². The third-order valence-corrected chi connectivity index (χ3v) is 2.36. The van der Waals surface area contributed by atoms with Gasteiger partial charge in [0, 0.05) is 0 Å². The number of hydrogen-bond donors (Lipinski definition) is 2. The van der Waals surface area contributed by atoms with E-state index in [0.29, 0.717) is 5.76 Å². The van der Waals surface area contributed by atoms with Crippen LogP contribution in [0.4, 0.5) is 0 Å². The van der Waals surface area contributed by atoms with Crippen LogP contribution in [0.5, 0.6) is 0 Å². The lowest BCUT2D eigenvalue weighted by Crippen LogP contribution is -2.06. The van der Waals surface area contributed by atoms with Crippen molar-refractivity contribution >= 4 is 0 Å². The maximum Gasteiger partial charge on any atom is 0.149 e.